The number of rotatable bonds is 0. The maximum Gasteiger partial charge on any atom is 0.192 e. The summed E-state index contributed by atoms with van der Waals surface area (Å²) in [6.07, 6.45) is 0. The summed E-state index contributed by atoms with van der Waals surface area (Å²) in [6, 6.07) is 3.84. The third-order valence-corrected chi connectivity index (χ3v) is 2.27. The highest BCUT2D eigenvalue weighted by Gasteiger charge is 2.13. The van der Waals surface area contributed by atoms with Crippen LogP contribution >= 0.6 is 0 Å². The van der Waals surface area contributed by atoms with Crippen molar-refractivity contribution in [2.75, 3.05) is 18.5 Å². The molecule has 4 heteroatoms. The standard InChI is InChI=1S/C10H10N2O2/c1-6-12-8-4-7-9(5-10(8)14-6)13-3-2-11-7/h4-5,11H,2-3H2,1H3. The lowest BCUT2D eigenvalue weighted by molar-refractivity contribution is 0.323. The number of aromatic nitrogens is 1. The van der Waals surface area contributed by atoms with Gasteiger partial charge in [0.25, 0.3) is 0 Å². The molecule has 2 aromatic rings. The first-order valence-corrected chi connectivity index (χ1v) is 4.61. The molecule has 0 unspecified atom stereocenters. The summed E-state index contributed by atoms with van der Waals surface area (Å²) in [7, 11) is 0. The zero-order valence-electron chi connectivity index (χ0n) is 7.83. The lowest BCUT2D eigenvalue weighted by atomic mass is 10.2. The van der Waals surface area contributed by atoms with Crippen LogP contribution in [0.3, 0.4) is 0 Å². The molecule has 0 aliphatic carbocycles. The van der Waals surface area contributed by atoms with E-state index in [1.807, 2.05) is 19.1 Å². The summed E-state index contributed by atoms with van der Waals surface area (Å²) in [5.41, 5.74) is 2.65. The van der Waals surface area contributed by atoms with Crippen LogP contribution in [0.2, 0.25) is 0 Å². The minimum Gasteiger partial charge on any atom is -0.489 e. The monoisotopic (exact) mass is 190 g/mol. The summed E-state index contributed by atoms with van der Waals surface area (Å²) in [5.74, 6) is 1.53. The summed E-state index contributed by atoms with van der Waals surface area (Å²) >= 11 is 0. The number of anilines is 1. The summed E-state index contributed by atoms with van der Waals surface area (Å²) < 4.78 is 10.9. The van der Waals surface area contributed by atoms with Crippen molar-refractivity contribution in [2.24, 2.45) is 0 Å². The second-order valence-electron chi connectivity index (χ2n) is 3.32. The van der Waals surface area contributed by atoms with E-state index in [9.17, 15) is 0 Å². The first-order valence-electron chi connectivity index (χ1n) is 4.61. The van der Waals surface area contributed by atoms with Gasteiger partial charge >= 0.3 is 0 Å². The quantitative estimate of drug-likeness (QED) is 0.689. The lowest BCUT2D eigenvalue weighted by Crippen LogP contribution is -2.17. The van der Waals surface area contributed by atoms with Gasteiger partial charge < -0.3 is 14.5 Å². The molecule has 14 heavy (non-hydrogen) atoms. The van der Waals surface area contributed by atoms with Crippen molar-refractivity contribution in [3.05, 3.63) is 18.0 Å². The first kappa shape index (κ1) is 7.67. The molecule has 1 N–H and O–H groups in total. The van der Waals surface area contributed by atoms with Crippen molar-refractivity contribution >= 4 is 16.8 Å². The van der Waals surface area contributed by atoms with Gasteiger partial charge in [-0.05, 0) is 6.07 Å². The fourth-order valence-electron chi connectivity index (χ4n) is 1.67. The third-order valence-electron chi connectivity index (χ3n) is 2.27. The maximum absolute atomic E-state index is 5.49. The van der Waals surface area contributed by atoms with E-state index in [-0.39, 0.29) is 0 Å². The van der Waals surface area contributed by atoms with E-state index in [1.165, 1.54) is 0 Å². The molecule has 3 rings (SSSR count). The van der Waals surface area contributed by atoms with Crippen molar-refractivity contribution in [2.45, 2.75) is 6.92 Å². The Kier molecular flexibility index (Phi) is 1.45. The van der Waals surface area contributed by atoms with Gasteiger partial charge in [0.1, 0.15) is 17.9 Å². The Bertz CT molecular complexity index is 447. The molecule has 0 atom stereocenters. The van der Waals surface area contributed by atoms with Crippen molar-refractivity contribution in [3.8, 4) is 5.75 Å². The smallest absolute Gasteiger partial charge is 0.192 e. The Morgan fingerprint density at radius 2 is 2.36 bits per heavy atom. The minimum absolute atomic E-state index is 0.683. The van der Waals surface area contributed by atoms with Gasteiger partial charge in [-0.3, -0.25) is 0 Å². The van der Waals surface area contributed by atoms with Crippen molar-refractivity contribution in [1.29, 1.82) is 0 Å². The van der Waals surface area contributed by atoms with E-state index in [4.69, 9.17) is 9.15 Å². The van der Waals surface area contributed by atoms with Crippen LogP contribution in [0.4, 0.5) is 5.69 Å². The fraction of sp³-hybridized carbons (Fsp3) is 0.300. The Labute approximate surface area is 80.9 Å². The topological polar surface area (TPSA) is 47.3 Å². The Hall–Kier alpha value is -1.71. The van der Waals surface area contributed by atoms with Crippen LogP contribution in [0, 0.1) is 6.92 Å². The van der Waals surface area contributed by atoms with Crippen LogP contribution in [-0.2, 0) is 0 Å². The highest BCUT2D eigenvalue weighted by molar-refractivity contribution is 5.81. The molecule has 0 spiro atoms. The van der Waals surface area contributed by atoms with E-state index in [1.54, 1.807) is 0 Å². The number of hydrogen-bond acceptors (Lipinski definition) is 4. The number of nitrogens with zero attached hydrogens (tertiary/aromatic N) is 1. The second-order valence-corrected chi connectivity index (χ2v) is 3.32. The number of ether oxygens (including phenoxy) is 1. The molecule has 4 nitrogen and oxygen atoms in total. The maximum atomic E-state index is 5.49. The molecule has 0 radical (unpaired) electrons. The van der Waals surface area contributed by atoms with Gasteiger partial charge in [-0.25, -0.2) is 4.98 Å². The van der Waals surface area contributed by atoms with E-state index >= 15 is 0 Å². The minimum atomic E-state index is 0.683. The number of fused-ring (bicyclic) bond motifs is 2. The predicted octanol–water partition coefficient (Wildman–Crippen LogP) is 1.94. The molecule has 0 fully saturated rings. The van der Waals surface area contributed by atoms with Crippen LogP contribution in [0.15, 0.2) is 16.5 Å². The van der Waals surface area contributed by atoms with Gasteiger partial charge in [0.15, 0.2) is 11.5 Å². The molecular weight excluding hydrogens is 180 g/mol. The largest absolute Gasteiger partial charge is 0.489 e. The Morgan fingerprint density at radius 3 is 3.29 bits per heavy atom. The summed E-state index contributed by atoms with van der Waals surface area (Å²) in [6.45, 7) is 3.38. The number of nitrogens with one attached hydrogen (secondary N) is 1. The molecule has 0 saturated carbocycles. The van der Waals surface area contributed by atoms with Gasteiger partial charge in [-0.2, -0.15) is 0 Å². The predicted molar refractivity (Wildman–Crippen MR) is 52.7 cm³/mol. The molecule has 0 bridgehead atoms. The SMILES string of the molecule is Cc1nc2cc3c(cc2o1)OCCN3. The van der Waals surface area contributed by atoms with Crippen LogP contribution in [0.25, 0.3) is 11.1 Å². The van der Waals surface area contributed by atoms with Crippen LogP contribution in [-0.4, -0.2) is 18.1 Å². The second kappa shape index (κ2) is 2.64. The van der Waals surface area contributed by atoms with Crippen LogP contribution in [0.5, 0.6) is 5.75 Å². The normalized spacial score (nSPS) is 14.6. The molecule has 1 aliphatic heterocycles. The Morgan fingerprint density at radius 1 is 1.43 bits per heavy atom. The molecule has 1 aromatic heterocycles. The van der Waals surface area contributed by atoms with Crippen molar-refractivity contribution in [1.82, 2.24) is 4.98 Å². The zero-order valence-corrected chi connectivity index (χ0v) is 7.83. The summed E-state index contributed by atoms with van der Waals surface area (Å²) in [5, 5.41) is 3.26. The first-order chi connectivity index (χ1) is 6.83. The van der Waals surface area contributed by atoms with Crippen LogP contribution < -0.4 is 10.1 Å². The molecule has 0 saturated heterocycles. The van der Waals surface area contributed by atoms with Crippen molar-refractivity contribution < 1.29 is 9.15 Å². The zero-order chi connectivity index (χ0) is 9.54. The number of benzene rings is 1. The lowest BCUT2D eigenvalue weighted by Gasteiger charge is -2.18. The van der Waals surface area contributed by atoms with Gasteiger partial charge in [0.05, 0.1) is 5.69 Å². The molecule has 72 valence electrons. The van der Waals surface area contributed by atoms with Crippen LogP contribution in [0.1, 0.15) is 5.89 Å². The fourth-order valence-corrected chi connectivity index (χ4v) is 1.67. The average molecular weight is 190 g/mol. The van der Waals surface area contributed by atoms with Gasteiger partial charge in [-0.15, -0.1) is 0 Å². The van der Waals surface area contributed by atoms with E-state index < -0.39 is 0 Å². The number of hydrogen-bond donors (Lipinski definition) is 1. The Balaban J connectivity index is 2.26. The van der Waals surface area contributed by atoms with Gasteiger partial charge in [0.2, 0.25) is 0 Å². The molecule has 1 aliphatic rings. The average Bonchev–Trinajstić information content (AvgIpc) is 2.53. The third kappa shape index (κ3) is 1.04. The molecule has 0 amide bonds. The van der Waals surface area contributed by atoms with Gasteiger partial charge in [0, 0.05) is 19.5 Å². The molecular formula is C10H10N2O2. The molecule has 1 aromatic carbocycles. The molecule has 2 heterocycles. The van der Waals surface area contributed by atoms with Gasteiger partial charge in [-0.1, -0.05) is 0 Å². The van der Waals surface area contributed by atoms with E-state index in [0.29, 0.717) is 12.5 Å². The van der Waals surface area contributed by atoms with Crippen molar-refractivity contribution in [3.63, 3.8) is 0 Å². The highest BCUT2D eigenvalue weighted by atomic mass is 16.5. The highest BCUT2D eigenvalue weighted by Crippen LogP contribution is 2.32. The summed E-state index contributed by atoms with van der Waals surface area (Å²) in [4.78, 5) is 4.26. The van der Waals surface area contributed by atoms with E-state index in [2.05, 4.69) is 10.3 Å². The number of aryl methyl sites for hydroxylation is 1. The van der Waals surface area contributed by atoms with E-state index in [0.717, 1.165) is 29.1 Å². The number of oxazole rings is 1.